The first-order chi connectivity index (χ1) is 14.9. The van der Waals surface area contributed by atoms with Crippen molar-refractivity contribution >= 4 is 21.6 Å². The van der Waals surface area contributed by atoms with Gasteiger partial charge in [-0.3, -0.25) is 9.52 Å². The lowest BCUT2D eigenvalue weighted by Gasteiger charge is -2.11. The minimum Gasteiger partial charge on any atom is -0.497 e. The number of hydrogen-bond donors (Lipinski definition) is 2. The predicted molar refractivity (Wildman–Crippen MR) is 119 cm³/mol. The molecule has 0 aliphatic rings. The summed E-state index contributed by atoms with van der Waals surface area (Å²) >= 11 is 0. The fourth-order valence-electron chi connectivity index (χ4n) is 2.89. The third kappa shape index (κ3) is 5.99. The molecular weight excluding hydrogens is 416 g/mol. The van der Waals surface area contributed by atoms with Crippen LogP contribution in [0.5, 0.6) is 11.5 Å². The zero-order valence-electron chi connectivity index (χ0n) is 17.3. The van der Waals surface area contributed by atoms with E-state index in [-0.39, 0.29) is 10.8 Å². The van der Waals surface area contributed by atoms with Crippen molar-refractivity contribution in [3.8, 4) is 11.5 Å². The van der Waals surface area contributed by atoms with Crippen LogP contribution in [0, 0.1) is 0 Å². The van der Waals surface area contributed by atoms with Gasteiger partial charge in [-0.2, -0.15) is 0 Å². The number of nitrogens with one attached hydrogen (secondary N) is 2. The van der Waals surface area contributed by atoms with Gasteiger partial charge >= 0.3 is 0 Å². The Kier molecular flexibility index (Phi) is 7.15. The summed E-state index contributed by atoms with van der Waals surface area (Å²) < 4.78 is 38.2. The molecule has 0 unspecified atom stereocenters. The van der Waals surface area contributed by atoms with Crippen molar-refractivity contribution in [1.29, 1.82) is 0 Å². The number of sulfonamides is 1. The van der Waals surface area contributed by atoms with Crippen LogP contribution < -0.4 is 19.5 Å². The van der Waals surface area contributed by atoms with Crippen LogP contribution >= 0.6 is 0 Å². The van der Waals surface area contributed by atoms with Gasteiger partial charge in [-0.25, -0.2) is 8.42 Å². The standard InChI is InChI=1S/C23H24N2O5S/c1-3-30-21-9-4-6-17(14-21)16-24-23(26)18-7-5-8-19(15-18)25-31(27,28)22-12-10-20(29-2)11-13-22/h4-15,25H,3,16H2,1-2H3,(H,24,26). The van der Waals surface area contributed by atoms with E-state index in [4.69, 9.17) is 9.47 Å². The smallest absolute Gasteiger partial charge is 0.261 e. The molecule has 0 aliphatic heterocycles. The van der Waals surface area contributed by atoms with Crippen LogP contribution in [0.3, 0.4) is 0 Å². The third-order valence-corrected chi connectivity index (χ3v) is 5.81. The molecule has 0 fully saturated rings. The number of ether oxygens (including phenoxy) is 2. The summed E-state index contributed by atoms with van der Waals surface area (Å²) in [6.45, 7) is 2.79. The van der Waals surface area contributed by atoms with Crippen molar-refractivity contribution in [3.05, 3.63) is 83.9 Å². The van der Waals surface area contributed by atoms with E-state index < -0.39 is 10.0 Å². The predicted octanol–water partition coefficient (Wildman–Crippen LogP) is 3.82. The van der Waals surface area contributed by atoms with Gasteiger partial charge in [0, 0.05) is 17.8 Å². The first-order valence-corrected chi connectivity index (χ1v) is 11.2. The fraction of sp³-hybridized carbons (Fsp3) is 0.174. The van der Waals surface area contributed by atoms with Crippen LogP contribution in [0.15, 0.2) is 77.7 Å². The van der Waals surface area contributed by atoms with E-state index in [1.54, 1.807) is 30.3 Å². The Labute approximate surface area is 182 Å². The van der Waals surface area contributed by atoms with Crippen molar-refractivity contribution in [1.82, 2.24) is 5.32 Å². The molecule has 1 amide bonds. The molecule has 3 rings (SSSR count). The van der Waals surface area contributed by atoms with Gasteiger partial charge in [0.25, 0.3) is 15.9 Å². The molecule has 0 aliphatic carbocycles. The number of carbonyl (C=O) groups excluding carboxylic acids is 1. The Bertz CT molecular complexity index is 1140. The highest BCUT2D eigenvalue weighted by Crippen LogP contribution is 2.20. The van der Waals surface area contributed by atoms with Gasteiger partial charge in [-0.05, 0) is 67.1 Å². The molecule has 8 heteroatoms. The van der Waals surface area contributed by atoms with E-state index in [0.717, 1.165) is 11.3 Å². The Balaban J connectivity index is 1.67. The van der Waals surface area contributed by atoms with E-state index in [1.165, 1.54) is 25.3 Å². The van der Waals surface area contributed by atoms with E-state index in [0.29, 0.717) is 30.2 Å². The molecule has 0 radical (unpaired) electrons. The summed E-state index contributed by atoms with van der Waals surface area (Å²) in [6, 6.07) is 19.8. The number of methoxy groups -OCH3 is 1. The van der Waals surface area contributed by atoms with Crippen LogP contribution in [-0.4, -0.2) is 28.0 Å². The first kappa shape index (κ1) is 22.2. The molecule has 31 heavy (non-hydrogen) atoms. The third-order valence-electron chi connectivity index (χ3n) is 4.41. The minimum atomic E-state index is -3.80. The van der Waals surface area contributed by atoms with Gasteiger partial charge in [0.2, 0.25) is 0 Å². The zero-order valence-corrected chi connectivity index (χ0v) is 18.1. The molecule has 162 valence electrons. The Morgan fingerprint density at radius 1 is 0.935 bits per heavy atom. The van der Waals surface area contributed by atoms with E-state index in [1.807, 2.05) is 31.2 Å². The van der Waals surface area contributed by atoms with E-state index in [9.17, 15) is 13.2 Å². The van der Waals surface area contributed by atoms with Gasteiger partial charge in [0.05, 0.1) is 18.6 Å². The molecule has 3 aromatic carbocycles. The quantitative estimate of drug-likeness (QED) is 0.528. The fourth-order valence-corrected chi connectivity index (χ4v) is 3.94. The van der Waals surface area contributed by atoms with Gasteiger partial charge in [0.15, 0.2) is 0 Å². The normalized spacial score (nSPS) is 10.9. The molecule has 3 aromatic rings. The lowest BCUT2D eigenvalue weighted by atomic mass is 10.1. The number of benzene rings is 3. The molecule has 0 saturated carbocycles. The first-order valence-electron chi connectivity index (χ1n) is 9.68. The second kappa shape index (κ2) is 9.99. The maximum absolute atomic E-state index is 12.6. The van der Waals surface area contributed by atoms with Gasteiger partial charge in [-0.15, -0.1) is 0 Å². The monoisotopic (exact) mass is 440 g/mol. The van der Waals surface area contributed by atoms with E-state index >= 15 is 0 Å². The van der Waals surface area contributed by atoms with Crippen molar-refractivity contribution in [2.75, 3.05) is 18.4 Å². The molecule has 2 N–H and O–H groups in total. The lowest BCUT2D eigenvalue weighted by molar-refractivity contribution is 0.0951. The second-order valence-corrected chi connectivity index (χ2v) is 8.31. The van der Waals surface area contributed by atoms with Crippen LogP contribution in [0.4, 0.5) is 5.69 Å². The van der Waals surface area contributed by atoms with Gasteiger partial charge in [-0.1, -0.05) is 18.2 Å². The van der Waals surface area contributed by atoms with Crippen molar-refractivity contribution in [3.63, 3.8) is 0 Å². The van der Waals surface area contributed by atoms with Crippen molar-refractivity contribution < 1.29 is 22.7 Å². The molecule has 0 heterocycles. The minimum absolute atomic E-state index is 0.0948. The SMILES string of the molecule is CCOc1cccc(CNC(=O)c2cccc(NS(=O)(=O)c3ccc(OC)cc3)c2)c1. The number of carbonyl (C=O) groups is 1. The number of amides is 1. The average molecular weight is 441 g/mol. The summed E-state index contributed by atoms with van der Waals surface area (Å²) in [5.41, 5.74) is 1.54. The van der Waals surface area contributed by atoms with Gasteiger partial charge in [0.1, 0.15) is 11.5 Å². The number of hydrogen-bond acceptors (Lipinski definition) is 5. The van der Waals surface area contributed by atoms with Crippen LogP contribution in [0.1, 0.15) is 22.8 Å². The Hall–Kier alpha value is -3.52. The highest BCUT2D eigenvalue weighted by Gasteiger charge is 2.15. The summed E-state index contributed by atoms with van der Waals surface area (Å²) in [5, 5.41) is 2.83. The van der Waals surface area contributed by atoms with Crippen LogP contribution in [0.2, 0.25) is 0 Å². The summed E-state index contributed by atoms with van der Waals surface area (Å²) in [7, 11) is -2.29. The highest BCUT2D eigenvalue weighted by molar-refractivity contribution is 7.92. The molecule has 0 bridgehead atoms. The van der Waals surface area contributed by atoms with Crippen molar-refractivity contribution in [2.24, 2.45) is 0 Å². The molecular formula is C23H24N2O5S. The number of anilines is 1. The van der Waals surface area contributed by atoms with Crippen LogP contribution in [0.25, 0.3) is 0 Å². The maximum Gasteiger partial charge on any atom is 0.261 e. The number of rotatable bonds is 9. The molecule has 0 aromatic heterocycles. The van der Waals surface area contributed by atoms with E-state index in [2.05, 4.69) is 10.0 Å². The summed E-state index contributed by atoms with van der Waals surface area (Å²) in [5.74, 6) is 0.987. The molecule has 7 nitrogen and oxygen atoms in total. The average Bonchev–Trinajstić information content (AvgIpc) is 2.78. The summed E-state index contributed by atoms with van der Waals surface area (Å²) in [6.07, 6.45) is 0. The lowest BCUT2D eigenvalue weighted by Crippen LogP contribution is -2.23. The van der Waals surface area contributed by atoms with Crippen molar-refractivity contribution in [2.45, 2.75) is 18.4 Å². The molecule has 0 atom stereocenters. The Morgan fingerprint density at radius 3 is 2.39 bits per heavy atom. The van der Waals surface area contributed by atoms with Crippen LogP contribution in [-0.2, 0) is 16.6 Å². The Morgan fingerprint density at radius 2 is 1.68 bits per heavy atom. The zero-order chi connectivity index (χ0) is 22.3. The largest absolute Gasteiger partial charge is 0.497 e. The molecule has 0 saturated heterocycles. The highest BCUT2D eigenvalue weighted by atomic mass is 32.2. The summed E-state index contributed by atoms with van der Waals surface area (Å²) in [4.78, 5) is 12.6. The van der Waals surface area contributed by atoms with Gasteiger partial charge < -0.3 is 14.8 Å². The maximum atomic E-state index is 12.6. The second-order valence-electron chi connectivity index (χ2n) is 6.62. The molecule has 0 spiro atoms. The topological polar surface area (TPSA) is 93.7 Å².